The van der Waals surface area contributed by atoms with E-state index in [1.165, 1.54) is 17.7 Å². The van der Waals surface area contributed by atoms with Crippen LogP contribution >= 0.6 is 11.3 Å². The zero-order valence-corrected chi connectivity index (χ0v) is 8.89. The predicted octanol–water partition coefficient (Wildman–Crippen LogP) is 2.45. The van der Waals surface area contributed by atoms with Gasteiger partial charge in [-0.2, -0.15) is 0 Å². The molecule has 0 aliphatic heterocycles. The molecule has 3 nitrogen and oxygen atoms in total. The Labute approximate surface area is 89.4 Å². The summed E-state index contributed by atoms with van der Waals surface area (Å²) in [7, 11) is 0. The molecule has 2 aromatic heterocycles. The molecule has 0 amide bonds. The fraction of sp³-hybridized carbons (Fsp3) is 0.0909. The van der Waals surface area contributed by atoms with Crippen LogP contribution in [0.3, 0.4) is 0 Å². The summed E-state index contributed by atoms with van der Waals surface area (Å²) in [6.45, 7) is 2.04. The highest BCUT2D eigenvalue weighted by molar-refractivity contribution is 7.25. The highest BCUT2D eigenvalue weighted by Gasteiger charge is 2.09. The van der Waals surface area contributed by atoms with E-state index in [4.69, 9.17) is 0 Å². The Morgan fingerprint density at radius 1 is 1.40 bits per heavy atom. The fourth-order valence-electron chi connectivity index (χ4n) is 1.80. The molecule has 4 heteroatoms. The number of hydrogen-bond acceptors (Lipinski definition) is 3. The van der Waals surface area contributed by atoms with E-state index in [0.717, 1.165) is 21.2 Å². The van der Waals surface area contributed by atoms with E-state index in [0.29, 0.717) is 4.70 Å². The van der Waals surface area contributed by atoms with Crippen molar-refractivity contribution in [2.45, 2.75) is 6.92 Å². The largest absolute Gasteiger partial charge is 0.312 e. The van der Waals surface area contributed by atoms with Crippen LogP contribution in [-0.2, 0) is 0 Å². The molecule has 74 valence electrons. The van der Waals surface area contributed by atoms with Gasteiger partial charge < -0.3 is 4.98 Å². The number of fused-ring (bicyclic) bond motifs is 3. The van der Waals surface area contributed by atoms with Crippen molar-refractivity contribution >= 4 is 31.6 Å². The average molecular weight is 216 g/mol. The molecule has 0 spiro atoms. The molecule has 3 rings (SSSR count). The number of rotatable bonds is 0. The number of nitrogens with zero attached hydrogens (tertiary/aromatic N) is 1. The zero-order valence-electron chi connectivity index (χ0n) is 8.07. The lowest BCUT2D eigenvalue weighted by Crippen LogP contribution is -2.03. The molecule has 15 heavy (non-hydrogen) atoms. The van der Waals surface area contributed by atoms with Crippen LogP contribution in [0.25, 0.3) is 20.3 Å². The lowest BCUT2D eigenvalue weighted by molar-refractivity contribution is 1.18. The number of thiophene rings is 1. The number of aromatic amines is 1. The first-order chi connectivity index (χ1) is 7.27. The molecular weight excluding hydrogens is 208 g/mol. The topological polar surface area (TPSA) is 45.8 Å². The van der Waals surface area contributed by atoms with Crippen LogP contribution in [-0.4, -0.2) is 9.97 Å². The minimum absolute atomic E-state index is 0.0550. The average Bonchev–Trinajstić information content (AvgIpc) is 2.59. The van der Waals surface area contributed by atoms with Crippen molar-refractivity contribution in [3.63, 3.8) is 0 Å². The highest BCUT2D eigenvalue weighted by atomic mass is 32.1. The SMILES string of the molecule is Cc1cccc2sc3c(=O)[nH]cnc3c12. The van der Waals surface area contributed by atoms with Gasteiger partial charge in [-0.05, 0) is 18.6 Å². The van der Waals surface area contributed by atoms with E-state index in [2.05, 4.69) is 9.97 Å². The third-order valence-electron chi connectivity index (χ3n) is 2.49. The van der Waals surface area contributed by atoms with Crippen molar-refractivity contribution in [1.29, 1.82) is 0 Å². The first-order valence-electron chi connectivity index (χ1n) is 4.63. The minimum Gasteiger partial charge on any atom is -0.312 e. The van der Waals surface area contributed by atoms with Crippen LogP contribution in [0, 0.1) is 6.92 Å². The van der Waals surface area contributed by atoms with Crippen LogP contribution in [0.5, 0.6) is 0 Å². The summed E-state index contributed by atoms with van der Waals surface area (Å²) in [4.78, 5) is 18.4. The van der Waals surface area contributed by atoms with E-state index in [1.54, 1.807) is 0 Å². The summed E-state index contributed by atoms with van der Waals surface area (Å²) >= 11 is 1.50. The summed E-state index contributed by atoms with van der Waals surface area (Å²) in [6, 6.07) is 6.06. The second kappa shape index (κ2) is 2.90. The summed E-state index contributed by atoms with van der Waals surface area (Å²) in [6.07, 6.45) is 1.46. The van der Waals surface area contributed by atoms with Gasteiger partial charge in [0.05, 0.1) is 11.8 Å². The van der Waals surface area contributed by atoms with Crippen LogP contribution in [0.4, 0.5) is 0 Å². The molecule has 0 fully saturated rings. The van der Waals surface area contributed by atoms with E-state index in [-0.39, 0.29) is 5.56 Å². The highest BCUT2D eigenvalue weighted by Crippen LogP contribution is 2.31. The van der Waals surface area contributed by atoms with Gasteiger partial charge >= 0.3 is 0 Å². The maximum atomic E-state index is 11.6. The maximum absolute atomic E-state index is 11.6. The van der Waals surface area contributed by atoms with E-state index in [9.17, 15) is 4.79 Å². The van der Waals surface area contributed by atoms with Crippen molar-refractivity contribution in [3.8, 4) is 0 Å². The van der Waals surface area contributed by atoms with Gasteiger partial charge in [-0.25, -0.2) is 4.98 Å². The third-order valence-corrected chi connectivity index (χ3v) is 3.64. The van der Waals surface area contributed by atoms with Gasteiger partial charge in [0.15, 0.2) is 0 Å². The van der Waals surface area contributed by atoms with Crippen molar-refractivity contribution < 1.29 is 0 Å². The van der Waals surface area contributed by atoms with Crippen LogP contribution in [0.2, 0.25) is 0 Å². The molecule has 1 N–H and O–H groups in total. The second-order valence-corrected chi connectivity index (χ2v) is 4.51. The van der Waals surface area contributed by atoms with Gasteiger partial charge in [0.2, 0.25) is 0 Å². The van der Waals surface area contributed by atoms with Gasteiger partial charge in [-0.3, -0.25) is 4.79 Å². The smallest absolute Gasteiger partial charge is 0.268 e. The quantitative estimate of drug-likeness (QED) is 0.627. The number of hydrogen-bond donors (Lipinski definition) is 1. The van der Waals surface area contributed by atoms with Crippen LogP contribution < -0.4 is 5.56 Å². The predicted molar refractivity (Wildman–Crippen MR) is 62.5 cm³/mol. The minimum atomic E-state index is -0.0550. The van der Waals surface area contributed by atoms with Crippen molar-refractivity contribution in [2.75, 3.05) is 0 Å². The Balaban J connectivity index is 2.71. The standard InChI is InChI=1S/C11H8N2OS/c1-6-3-2-4-7-8(6)9-10(15-7)11(14)13-5-12-9/h2-5H,1H3,(H,12,13,14). The maximum Gasteiger partial charge on any atom is 0.268 e. The molecule has 0 unspecified atom stereocenters. The molecule has 0 saturated heterocycles. The number of benzene rings is 1. The second-order valence-electron chi connectivity index (χ2n) is 3.46. The summed E-state index contributed by atoms with van der Waals surface area (Å²) < 4.78 is 1.83. The van der Waals surface area contributed by atoms with Gasteiger partial charge in [0, 0.05) is 10.1 Å². The molecule has 1 aromatic carbocycles. The van der Waals surface area contributed by atoms with E-state index >= 15 is 0 Å². The van der Waals surface area contributed by atoms with Crippen molar-refractivity contribution in [1.82, 2.24) is 9.97 Å². The molecule has 0 aliphatic rings. The lowest BCUT2D eigenvalue weighted by Gasteiger charge is -1.94. The van der Waals surface area contributed by atoms with Gasteiger partial charge in [0.1, 0.15) is 4.70 Å². The Morgan fingerprint density at radius 3 is 3.13 bits per heavy atom. The third kappa shape index (κ3) is 1.11. The molecular formula is C11H8N2OS. The van der Waals surface area contributed by atoms with Crippen molar-refractivity contribution in [2.24, 2.45) is 0 Å². The van der Waals surface area contributed by atoms with Crippen molar-refractivity contribution in [3.05, 3.63) is 40.4 Å². The lowest BCUT2D eigenvalue weighted by atomic mass is 10.1. The molecule has 0 atom stereocenters. The summed E-state index contributed by atoms with van der Waals surface area (Å²) in [5.41, 5.74) is 1.93. The summed E-state index contributed by atoms with van der Waals surface area (Å²) in [5, 5.41) is 1.10. The Kier molecular flexibility index (Phi) is 1.67. The molecule has 0 radical (unpaired) electrons. The summed E-state index contributed by atoms with van der Waals surface area (Å²) in [5.74, 6) is 0. The monoisotopic (exact) mass is 216 g/mol. The Morgan fingerprint density at radius 2 is 2.27 bits per heavy atom. The normalized spacial score (nSPS) is 11.3. The van der Waals surface area contributed by atoms with Gasteiger partial charge in [0.25, 0.3) is 5.56 Å². The Bertz CT molecular complexity index is 711. The van der Waals surface area contributed by atoms with E-state index < -0.39 is 0 Å². The van der Waals surface area contributed by atoms with Crippen LogP contribution in [0.15, 0.2) is 29.3 Å². The molecule has 0 saturated carbocycles. The number of aromatic nitrogens is 2. The van der Waals surface area contributed by atoms with Gasteiger partial charge in [-0.15, -0.1) is 11.3 Å². The van der Waals surface area contributed by atoms with Gasteiger partial charge in [-0.1, -0.05) is 12.1 Å². The molecule has 3 aromatic rings. The van der Waals surface area contributed by atoms with E-state index in [1.807, 2.05) is 25.1 Å². The molecule has 0 aliphatic carbocycles. The Hall–Kier alpha value is -1.68. The first kappa shape index (κ1) is 8.61. The first-order valence-corrected chi connectivity index (χ1v) is 5.44. The number of H-pyrrole nitrogens is 1. The number of aryl methyl sites for hydroxylation is 1. The zero-order chi connectivity index (χ0) is 10.4. The number of nitrogens with one attached hydrogen (secondary N) is 1. The molecule has 0 bridgehead atoms. The molecule has 2 heterocycles. The fourth-order valence-corrected chi connectivity index (χ4v) is 2.93. The van der Waals surface area contributed by atoms with Crippen LogP contribution in [0.1, 0.15) is 5.56 Å².